The third-order valence-corrected chi connectivity index (χ3v) is 1.56. The molecule has 2 N–H and O–H groups in total. The van der Waals surface area contributed by atoms with Gasteiger partial charge in [-0.3, -0.25) is 0 Å². The molecule has 0 saturated carbocycles. The van der Waals surface area contributed by atoms with E-state index in [0.717, 1.165) is 6.54 Å². The molecule has 0 spiro atoms. The van der Waals surface area contributed by atoms with E-state index in [-0.39, 0.29) is 24.8 Å². The van der Waals surface area contributed by atoms with Crippen molar-refractivity contribution in [3.8, 4) is 0 Å². The van der Waals surface area contributed by atoms with Crippen LogP contribution in [0.4, 0.5) is 0 Å². The molecule has 0 heterocycles. The Morgan fingerprint density at radius 3 is 1.83 bits per heavy atom. The second-order valence-corrected chi connectivity index (χ2v) is 3.01. The molecule has 0 rings (SSSR count). The van der Waals surface area contributed by atoms with Crippen molar-refractivity contribution in [3.05, 3.63) is 0 Å². The first kappa shape index (κ1) is 18.3. The number of unbranched alkanes of at least 4 members (excludes halogenated alkanes) is 3. The van der Waals surface area contributed by atoms with Crippen molar-refractivity contribution in [2.75, 3.05) is 27.2 Å². The van der Waals surface area contributed by atoms with Gasteiger partial charge in [-0.2, -0.15) is 0 Å². The van der Waals surface area contributed by atoms with Gasteiger partial charge in [-0.1, -0.05) is 12.8 Å². The van der Waals surface area contributed by atoms with Crippen LogP contribution >= 0.6 is 24.8 Å². The summed E-state index contributed by atoms with van der Waals surface area (Å²) < 4.78 is 0. The molecular formula is C8H22Cl2N2. The van der Waals surface area contributed by atoms with Crippen LogP contribution in [0.25, 0.3) is 0 Å². The molecule has 0 aliphatic carbocycles. The van der Waals surface area contributed by atoms with Crippen molar-refractivity contribution in [1.82, 2.24) is 4.90 Å². The second-order valence-electron chi connectivity index (χ2n) is 3.01. The van der Waals surface area contributed by atoms with Crippen LogP contribution in [0.15, 0.2) is 0 Å². The van der Waals surface area contributed by atoms with Gasteiger partial charge in [0, 0.05) is 0 Å². The highest BCUT2D eigenvalue weighted by molar-refractivity contribution is 5.85. The SMILES string of the molecule is CN(C)CCCCCCN.Cl.Cl. The van der Waals surface area contributed by atoms with E-state index >= 15 is 0 Å². The lowest BCUT2D eigenvalue weighted by atomic mass is 10.2. The zero-order valence-corrected chi connectivity index (χ0v) is 9.72. The molecule has 0 aromatic heterocycles. The molecule has 0 aromatic rings. The summed E-state index contributed by atoms with van der Waals surface area (Å²) in [6.45, 7) is 2.06. The lowest BCUT2D eigenvalue weighted by Crippen LogP contribution is -2.12. The van der Waals surface area contributed by atoms with E-state index in [0.29, 0.717) is 0 Å². The molecular weight excluding hydrogens is 195 g/mol. The molecule has 0 fully saturated rings. The summed E-state index contributed by atoms with van der Waals surface area (Å²) in [6.07, 6.45) is 5.13. The van der Waals surface area contributed by atoms with E-state index in [1.165, 1.54) is 32.2 Å². The highest BCUT2D eigenvalue weighted by atomic mass is 35.5. The van der Waals surface area contributed by atoms with Crippen molar-refractivity contribution < 1.29 is 0 Å². The van der Waals surface area contributed by atoms with E-state index in [2.05, 4.69) is 19.0 Å². The first-order valence-electron chi connectivity index (χ1n) is 4.12. The van der Waals surface area contributed by atoms with Crippen LogP contribution in [-0.2, 0) is 0 Å². The predicted octanol–water partition coefficient (Wildman–Crippen LogP) is 1.91. The third-order valence-electron chi connectivity index (χ3n) is 1.56. The van der Waals surface area contributed by atoms with Crippen LogP contribution in [0.2, 0.25) is 0 Å². The quantitative estimate of drug-likeness (QED) is 0.688. The van der Waals surface area contributed by atoms with E-state index in [4.69, 9.17) is 5.73 Å². The minimum atomic E-state index is 0. The third kappa shape index (κ3) is 16.8. The average Bonchev–Trinajstić information content (AvgIpc) is 1.87. The normalized spacial score (nSPS) is 9.00. The molecule has 0 amide bonds. The average molecular weight is 217 g/mol. The monoisotopic (exact) mass is 216 g/mol. The van der Waals surface area contributed by atoms with Gasteiger partial charge in [0.05, 0.1) is 0 Å². The van der Waals surface area contributed by atoms with Crippen LogP contribution in [0, 0.1) is 0 Å². The standard InChI is InChI=1S/C8H20N2.2ClH/c1-10(2)8-6-4-3-5-7-9;;/h3-9H2,1-2H3;2*1H. The summed E-state index contributed by atoms with van der Waals surface area (Å²) in [4.78, 5) is 2.22. The molecule has 0 aliphatic rings. The fourth-order valence-corrected chi connectivity index (χ4v) is 0.926. The Balaban J connectivity index is -0.000000405. The second kappa shape index (κ2) is 14.0. The fourth-order valence-electron chi connectivity index (χ4n) is 0.926. The van der Waals surface area contributed by atoms with Crippen LogP contribution in [-0.4, -0.2) is 32.1 Å². The number of nitrogens with two attached hydrogens (primary N) is 1. The summed E-state index contributed by atoms with van der Waals surface area (Å²) in [7, 11) is 4.23. The maximum Gasteiger partial charge on any atom is -0.00248 e. The maximum atomic E-state index is 5.36. The van der Waals surface area contributed by atoms with E-state index in [1.54, 1.807) is 0 Å². The lowest BCUT2D eigenvalue weighted by Gasteiger charge is -2.07. The number of hydrogen-bond donors (Lipinski definition) is 1. The van der Waals surface area contributed by atoms with Crippen LogP contribution < -0.4 is 5.73 Å². The Morgan fingerprint density at radius 2 is 1.42 bits per heavy atom. The molecule has 0 atom stereocenters. The largest absolute Gasteiger partial charge is 0.330 e. The van der Waals surface area contributed by atoms with Crippen molar-refractivity contribution in [2.24, 2.45) is 5.73 Å². The van der Waals surface area contributed by atoms with Gasteiger partial charge in [0.2, 0.25) is 0 Å². The Kier molecular flexibility index (Phi) is 21.4. The van der Waals surface area contributed by atoms with Gasteiger partial charge < -0.3 is 10.6 Å². The van der Waals surface area contributed by atoms with Gasteiger partial charge in [0.25, 0.3) is 0 Å². The van der Waals surface area contributed by atoms with Crippen LogP contribution in [0.5, 0.6) is 0 Å². The molecule has 0 aromatic carbocycles. The molecule has 78 valence electrons. The zero-order valence-electron chi connectivity index (χ0n) is 8.08. The van der Waals surface area contributed by atoms with Crippen molar-refractivity contribution >= 4 is 24.8 Å². The Hall–Kier alpha value is 0.500. The van der Waals surface area contributed by atoms with Crippen molar-refractivity contribution in [2.45, 2.75) is 25.7 Å². The van der Waals surface area contributed by atoms with Gasteiger partial charge in [-0.15, -0.1) is 24.8 Å². The van der Waals surface area contributed by atoms with Gasteiger partial charge >= 0.3 is 0 Å². The Morgan fingerprint density at radius 1 is 0.917 bits per heavy atom. The number of halogens is 2. The highest BCUT2D eigenvalue weighted by Crippen LogP contribution is 1.98. The molecule has 4 heteroatoms. The molecule has 0 aliphatic heterocycles. The van der Waals surface area contributed by atoms with E-state index < -0.39 is 0 Å². The summed E-state index contributed by atoms with van der Waals surface area (Å²) in [5.41, 5.74) is 5.36. The smallest absolute Gasteiger partial charge is 0.00248 e. The van der Waals surface area contributed by atoms with Crippen LogP contribution in [0.3, 0.4) is 0 Å². The van der Waals surface area contributed by atoms with Crippen molar-refractivity contribution in [1.29, 1.82) is 0 Å². The molecule has 12 heavy (non-hydrogen) atoms. The number of hydrogen-bond acceptors (Lipinski definition) is 2. The predicted molar refractivity (Wildman–Crippen MR) is 60.6 cm³/mol. The van der Waals surface area contributed by atoms with E-state index in [9.17, 15) is 0 Å². The minimum Gasteiger partial charge on any atom is -0.330 e. The van der Waals surface area contributed by atoms with Gasteiger partial charge in [-0.05, 0) is 40.0 Å². The maximum absolute atomic E-state index is 5.36. The van der Waals surface area contributed by atoms with Gasteiger partial charge in [-0.25, -0.2) is 0 Å². The Bertz CT molecular complexity index is 70.1. The lowest BCUT2D eigenvalue weighted by molar-refractivity contribution is 0.390. The number of nitrogens with zero attached hydrogens (tertiary/aromatic N) is 1. The Labute approximate surface area is 88.7 Å². The highest BCUT2D eigenvalue weighted by Gasteiger charge is 1.89. The summed E-state index contributed by atoms with van der Waals surface area (Å²) >= 11 is 0. The molecule has 0 unspecified atom stereocenters. The fraction of sp³-hybridized carbons (Fsp3) is 1.00. The molecule has 2 nitrogen and oxygen atoms in total. The summed E-state index contributed by atoms with van der Waals surface area (Å²) in [5.74, 6) is 0. The summed E-state index contributed by atoms with van der Waals surface area (Å²) in [6, 6.07) is 0. The first-order valence-corrected chi connectivity index (χ1v) is 4.12. The number of rotatable bonds is 6. The molecule has 0 radical (unpaired) electrons. The minimum absolute atomic E-state index is 0. The van der Waals surface area contributed by atoms with Crippen molar-refractivity contribution in [3.63, 3.8) is 0 Å². The molecule has 0 saturated heterocycles. The van der Waals surface area contributed by atoms with Crippen LogP contribution in [0.1, 0.15) is 25.7 Å². The van der Waals surface area contributed by atoms with E-state index in [1.807, 2.05) is 0 Å². The zero-order chi connectivity index (χ0) is 7.82. The summed E-state index contributed by atoms with van der Waals surface area (Å²) in [5, 5.41) is 0. The molecule has 0 bridgehead atoms. The van der Waals surface area contributed by atoms with Gasteiger partial charge in [0.1, 0.15) is 0 Å². The first-order chi connectivity index (χ1) is 4.77. The van der Waals surface area contributed by atoms with Gasteiger partial charge in [0.15, 0.2) is 0 Å². The topological polar surface area (TPSA) is 29.3 Å².